The van der Waals surface area contributed by atoms with Gasteiger partial charge in [-0.2, -0.15) is 0 Å². The molecule has 2 heterocycles. The summed E-state index contributed by atoms with van der Waals surface area (Å²) in [5.41, 5.74) is 3.08. The number of aryl methyl sites for hydroxylation is 2. The zero-order valence-corrected chi connectivity index (χ0v) is 19.8. The summed E-state index contributed by atoms with van der Waals surface area (Å²) in [4.78, 5) is 24.3. The Kier molecular flexibility index (Phi) is 7.67. The minimum Gasteiger partial charge on any atom is -0.389 e. The van der Waals surface area contributed by atoms with E-state index in [9.17, 15) is 9.90 Å². The van der Waals surface area contributed by atoms with Crippen LogP contribution in [-0.2, 0) is 24.4 Å². The molecule has 2 aromatic heterocycles. The third-order valence-corrected chi connectivity index (χ3v) is 6.70. The number of aliphatic hydroxyl groups is 1. The van der Waals surface area contributed by atoms with Crippen LogP contribution in [0.5, 0.6) is 0 Å². The summed E-state index contributed by atoms with van der Waals surface area (Å²) in [5.74, 6) is 0.599. The first-order valence-corrected chi connectivity index (χ1v) is 11.9. The fourth-order valence-electron chi connectivity index (χ4n) is 3.85. The Morgan fingerprint density at radius 3 is 2.39 bits per heavy atom. The third kappa shape index (κ3) is 6.15. The van der Waals surface area contributed by atoms with Gasteiger partial charge in [0.05, 0.1) is 31.2 Å². The predicted octanol–water partition coefficient (Wildman–Crippen LogP) is 4.18. The number of benzene rings is 2. The normalized spacial score (nSPS) is 12.5. The van der Waals surface area contributed by atoms with E-state index in [1.807, 2.05) is 62.4 Å². The van der Waals surface area contributed by atoms with E-state index in [0.29, 0.717) is 37.5 Å². The van der Waals surface area contributed by atoms with Gasteiger partial charge in [0.15, 0.2) is 0 Å². The van der Waals surface area contributed by atoms with Crippen molar-refractivity contribution in [2.75, 3.05) is 13.2 Å². The van der Waals surface area contributed by atoms with Crippen LogP contribution in [0, 0.1) is 13.8 Å². The highest BCUT2D eigenvalue weighted by Gasteiger charge is 2.17. The van der Waals surface area contributed by atoms with Crippen molar-refractivity contribution in [2.24, 2.45) is 0 Å². The quantitative estimate of drug-likeness (QED) is 0.369. The van der Waals surface area contributed by atoms with Crippen molar-refractivity contribution in [1.82, 2.24) is 14.9 Å². The van der Waals surface area contributed by atoms with E-state index in [-0.39, 0.29) is 12.2 Å². The van der Waals surface area contributed by atoms with Crippen LogP contribution in [0.4, 0.5) is 0 Å². The van der Waals surface area contributed by atoms with E-state index >= 15 is 0 Å². The zero-order valence-electron chi connectivity index (χ0n) is 19.0. The summed E-state index contributed by atoms with van der Waals surface area (Å²) in [6.07, 6.45) is -0.667. The second-order valence-corrected chi connectivity index (χ2v) is 9.49. The van der Waals surface area contributed by atoms with Crippen LogP contribution in [0.1, 0.15) is 27.4 Å². The van der Waals surface area contributed by atoms with Gasteiger partial charge in [-0.25, -0.2) is 4.98 Å². The van der Waals surface area contributed by atoms with Crippen LogP contribution in [0.25, 0.3) is 10.2 Å². The summed E-state index contributed by atoms with van der Waals surface area (Å²) < 4.78 is 5.73. The van der Waals surface area contributed by atoms with Crippen molar-refractivity contribution in [3.8, 4) is 0 Å². The lowest BCUT2D eigenvalue weighted by atomic mass is 10.2. The standard InChI is InChI=1S/C26H29N3O3S/c1-18-19(2)33-26-24(18)25(31)27-23(28-26)15-29(13-20-9-5-3-6-10-20)14-22(30)17-32-16-21-11-7-4-8-12-21/h3-12,22,30H,13-17H2,1-2H3,(H,27,28,31). The summed E-state index contributed by atoms with van der Waals surface area (Å²) in [7, 11) is 0. The van der Waals surface area contributed by atoms with Crippen molar-refractivity contribution in [3.05, 3.63) is 98.4 Å². The molecule has 2 N–H and O–H groups in total. The molecule has 0 saturated heterocycles. The molecule has 4 aromatic rings. The van der Waals surface area contributed by atoms with Gasteiger partial charge in [0, 0.05) is 18.0 Å². The molecule has 0 radical (unpaired) electrons. The first kappa shape index (κ1) is 23.3. The van der Waals surface area contributed by atoms with Crippen LogP contribution >= 0.6 is 11.3 Å². The number of ether oxygens (including phenoxy) is 1. The lowest BCUT2D eigenvalue weighted by Gasteiger charge is -2.25. The zero-order chi connectivity index (χ0) is 23.2. The molecule has 0 spiro atoms. The average molecular weight is 464 g/mol. The number of hydrogen-bond acceptors (Lipinski definition) is 6. The smallest absolute Gasteiger partial charge is 0.259 e. The van der Waals surface area contributed by atoms with Gasteiger partial charge in [0.2, 0.25) is 0 Å². The largest absolute Gasteiger partial charge is 0.389 e. The number of nitrogens with one attached hydrogen (secondary N) is 1. The molecule has 0 bridgehead atoms. The van der Waals surface area contributed by atoms with Gasteiger partial charge < -0.3 is 14.8 Å². The fourth-order valence-corrected chi connectivity index (χ4v) is 4.90. The topological polar surface area (TPSA) is 78.5 Å². The number of aromatic amines is 1. The van der Waals surface area contributed by atoms with E-state index in [1.54, 1.807) is 11.3 Å². The molecule has 0 amide bonds. The maximum absolute atomic E-state index is 12.7. The van der Waals surface area contributed by atoms with Crippen molar-refractivity contribution in [3.63, 3.8) is 0 Å². The van der Waals surface area contributed by atoms with E-state index in [2.05, 4.69) is 22.0 Å². The molecule has 0 aliphatic heterocycles. The number of nitrogens with zero attached hydrogens (tertiary/aromatic N) is 2. The maximum Gasteiger partial charge on any atom is 0.259 e. The fraction of sp³-hybridized carbons (Fsp3) is 0.308. The van der Waals surface area contributed by atoms with Crippen LogP contribution in [0.3, 0.4) is 0 Å². The van der Waals surface area contributed by atoms with Crippen LogP contribution in [0.15, 0.2) is 65.5 Å². The number of hydrogen-bond donors (Lipinski definition) is 2. The van der Waals surface area contributed by atoms with Crippen LogP contribution in [-0.4, -0.2) is 39.2 Å². The Morgan fingerprint density at radius 1 is 1.03 bits per heavy atom. The molecule has 0 saturated carbocycles. The lowest BCUT2D eigenvalue weighted by molar-refractivity contribution is 0.00673. The SMILES string of the molecule is Cc1sc2nc(CN(Cc3ccccc3)CC(O)COCc3ccccc3)[nH]c(=O)c2c1C. The molecule has 0 aliphatic rings. The molecular formula is C26H29N3O3S. The molecule has 0 fully saturated rings. The van der Waals surface area contributed by atoms with Crippen LogP contribution < -0.4 is 5.56 Å². The minimum atomic E-state index is -0.667. The maximum atomic E-state index is 12.7. The summed E-state index contributed by atoms with van der Waals surface area (Å²) in [5, 5.41) is 11.3. The summed E-state index contributed by atoms with van der Waals surface area (Å²) in [6.45, 7) is 6.10. The van der Waals surface area contributed by atoms with Gasteiger partial charge >= 0.3 is 0 Å². The molecule has 0 aliphatic carbocycles. The second-order valence-electron chi connectivity index (χ2n) is 8.29. The Balaban J connectivity index is 1.46. The van der Waals surface area contributed by atoms with E-state index in [0.717, 1.165) is 26.4 Å². The van der Waals surface area contributed by atoms with Gasteiger partial charge in [-0.05, 0) is 30.5 Å². The van der Waals surface area contributed by atoms with Crippen LogP contribution in [0.2, 0.25) is 0 Å². The summed E-state index contributed by atoms with van der Waals surface area (Å²) >= 11 is 1.54. The Labute approximate surface area is 197 Å². The molecule has 7 heteroatoms. The lowest BCUT2D eigenvalue weighted by Crippen LogP contribution is -2.35. The van der Waals surface area contributed by atoms with Crippen molar-refractivity contribution < 1.29 is 9.84 Å². The first-order chi connectivity index (χ1) is 16.0. The Morgan fingerprint density at radius 2 is 1.70 bits per heavy atom. The third-order valence-electron chi connectivity index (χ3n) is 5.60. The number of thiophene rings is 1. The monoisotopic (exact) mass is 463 g/mol. The highest BCUT2D eigenvalue weighted by atomic mass is 32.1. The van der Waals surface area contributed by atoms with Gasteiger partial charge in [-0.1, -0.05) is 60.7 Å². The van der Waals surface area contributed by atoms with E-state index in [1.165, 1.54) is 0 Å². The van der Waals surface area contributed by atoms with Crippen molar-refractivity contribution >= 4 is 21.6 Å². The highest BCUT2D eigenvalue weighted by molar-refractivity contribution is 7.18. The molecular weight excluding hydrogens is 434 g/mol. The van der Waals surface area contributed by atoms with Gasteiger partial charge in [0.1, 0.15) is 10.7 Å². The number of fused-ring (bicyclic) bond motifs is 1. The van der Waals surface area contributed by atoms with E-state index in [4.69, 9.17) is 9.72 Å². The molecule has 4 rings (SSSR count). The number of rotatable bonds is 10. The summed E-state index contributed by atoms with van der Waals surface area (Å²) in [6, 6.07) is 20.0. The first-order valence-electron chi connectivity index (χ1n) is 11.0. The van der Waals surface area contributed by atoms with E-state index < -0.39 is 6.10 Å². The highest BCUT2D eigenvalue weighted by Crippen LogP contribution is 2.25. The average Bonchev–Trinajstić information content (AvgIpc) is 3.08. The molecule has 33 heavy (non-hydrogen) atoms. The minimum absolute atomic E-state index is 0.108. The molecule has 172 valence electrons. The molecule has 6 nitrogen and oxygen atoms in total. The van der Waals surface area contributed by atoms with Crippen molar-refractivity contribution in [2.45, 2.75) is 39.6 Å². The Bertz CT molecular complexity index is 1240. The van der Waals surface area contributed by atoms with Crippen molar-refractivity contribution in [1.29, 1.82) is 0 Å². The van der Waals surface area contributed by atoms with Gasteiger partial charge in [-0.3, -0.25) is 9.69 Å². The van der Waals surface area contributed by atoms with Gasteiger partial charge in [-0.15, -0.1) is 11.3 Å². The molecule has 1 atom stereocenters. The second kappa shape index (κ2) is 10.9. The number of aliphatic hydroxyl groups excluding tert-OH is 1. The Hall–Kier alpha value is -2.84. The molecule has 2 aromatic carbocycles. The molecule has 1 unspecified atom stereocenters. The number of aromatic nitrogens is 2. The predicted molar refractivity (Wildman–Crippen MR) is 132 cm³/mol. The van der Waals surface area contributed by atoms with Gasteiger partial charge in [0.25, 0.3) is 5.56 Å². The number of H-pyrrole nitrogens is 1.